The van der Waals surface area contributed by atoms with Crippen LogP contribution in [0.15, 0.2) is 29.0 Å². The number of carboxylic acid groups (broad SMARTS) is 1. The second-order valence-electron chi connectivity index (χ2n) is 5.54. The molecule has 10 heteroatoms. The number of likely N-dealkylation sites (tertiary alicyclic amines) is 1. The minimum atomic E-state index is -4.57. The Kier molecular flexibility index (Phi) is 4.51. The second kappa shape index (κ2) is 6.61. The molecule has 1 N–H and O–H groups in total. The zero-order valence-electron chi connectivity index (χ0n) is 12.9. The fourth-order valence-corrected chi connectivity index (χ4v) is 2.67. The minimum absolute atomic E-state index is 0.231. The lowest BCUT2D eigenvalue weighted by atomic mass is 10.1. The zero-order chi connectivity index (χ0) is 18.0. The third kappa shape index (κ3) is 3.83. The number of ether oxygens (including phenoxy) is 1. The minimum Gasteiger partial charge on any atom is -0.490 e. The highest BCUT2D eigenvalue weighted by Crippen LogP contribution is 2.38. The Morgan fingerprint density at radius 2 is 2.04 bits per heavy atom. The molecule has 0 aliphatic carbocycles. The maximum absolute atomic E-state index is 13.2. The monoisotopic (exact) mass is 357 g/mol. The fourth-order valence-electron chi connectivity index (χ4n) is 2.67. The number of hydrogen-bond donors (Lipinski definition) is 1. The molecule has 1 fully saturated rings. The molecule has 7 nitrogen and oxygen atoms in total. The van der Waals surface area contributed by atoms with Gasteiger partial charge in [0, 0.05) is 25.9 Å². The van der Waals surface area contributed by atoms with Crippen molar-refractivity contribution in [1.82, 2.24) is 15.1 Å². The summed E-state index contributed by atoms with van der Waals surface area (Å²) in [5, 5.41) is 15.9. The van der Waals surface area contributed by atoms with Crippen molar-refractivity contribution in [2.24, 2.45) is 0 Å². The SMILES string of the molecule is O=C(O)N1CCC(Oc2ccc(C(F)(F)F)c(-c3nnco3)c2)CC1. The first-order chi connectivity index (χ1) is 11.8. The first-order valence-corrected chi connectivity index (χ1v) is 7.47. The Morgan fingerprint density at radius 1 is 1.32 bits per heavy atom. The summed E-state index contributed by atoms with van der Waals surface area (Å²) in [7, 11) is 0. The van der Waals surface area contributed by atoms with E-state index in [1.807, 2.05) is 0 Å². The molecule has 25 heavy (non-hydrogen) atoms. The predicted molar refractivity (Wildman–Crippen MR) is 78.0 cm³/mol. The van der Waals surface area contributed by atoms with Gasteiger partial charge in [0.1, 0.15) is 11.9 Å². The van der Waals surface area contributed by atoms with E-state index in [4.69, 9.17) is 14.3 Å². The number of piperidine rings is 1. The number of carbonyl (C=O) groups is 1. The molecular formula is C15H14F3N3O4. The molecule has 2 aromatic rings. The van der Waals surface area contributed by atoms with Crippen LogP contribution in [0, 0.1) is 0 Å². The maximum atomic E-state index is 13.2. The number of halogens is 3. The molecule has 0 unspecified atom stereocenters. The van der Waals surface area contributed by atoms with Gasteiger partial charge in [-0.15, -0.1) is 10.2 Å². The van der Waals surface area contributed by atoms with E-state index in [9.17, 15) is 18.0 Å². The quantitative estimate of drug-likeness (QED) is 0.907. The van der Waals surface area contributed by atoms with Crippen LogP contribution in [0.1, 0.15) is 18.4 Å². The summed E-state index contributed by atoms with van der Waals surface area (Å²) in [6, 6.07) is 3.34. The van der Waals surface area contributed by atoms with Crippen molar-refractivity contribution in [3.8, 4) is 17.2 Å². The number of alkyl halides is 3. The van der Waals surface area contributed by atoms with Crippen molar-refractivity contribution in [1.29, 1.82) is 0 Å². The van der Waals surface area contributed by atoms with E-state index < -0.39 is 17.8 Å². The molecule has 0 radical (unpaired) electrons. The van der Waals surface area contributed by atoms with Crippen LogP contribution in [0.5, 0.6) is 5.75 Å². The van der Waals surface area contributed by atoms with Gasteiger partial charge in [0.25, 0.3) is 0 Å². The molecule has 1 aliphatic heterocycles. The molecule has 1 amide bonds. The lowest BCUT2D eigenvalue weighted by Crippen LogP contribution is -2.41. The summed E-state index contributed by atoms with van der Waals surface area (Å²) in [5.41, 5.74) is -1.16. The summed E-state index contributed by atoms with van der Waals surface area (Å²) in [6.07, 6.45) is -3.97. The van der Waals surface area contributed by atoms with Crippen molar-refractivity contribution >= 4 is 6.09 Å². The van der Waals surface area contributed by atoms with Crippen LogP contribution in [0.2, 0.25) is 0 Å². The van der Waals surface area contributed by atoms with Gasteiger partial charge in [0.2, 0.25) is 12.3 Å². The first kappa shape index (κ1) is 17.1. The molecule has 1 aromatic heterocycles. The van der Waals surface area contributed by atoms with Crippen LogP contribution in [-0.2, 0) is 6.18 Å². The van der Waals surface area contributed by atoms with E-state index in [0.717, 1.165) is 12.5 Å². The molecule has 0 atom stereocenters. The van der Waals surface area contributed by atoms with E-state index in [-0.39, 0.29) is 23.3 Å². The standard InChI is InChI=1S/C15H14F3N3O4/c16-15(17,18)12-2-1-10(7-11(12)13-20-19-8-24-13)25-9-3-5-21(6-4-9)14(22)23/h1-2,7-9H,3-6H2,(H,22,23). The number of rotatable bonds is 3. The van der Waals surface area contributed by atoms with Gasteiger partial charge in [-0.3, -0.25) is 0 Å². The molecule has 1 aliphatic rings. The molecule has 3 rings (SSSR count). The fraction of sp³-hybridized carbons (Fsp3) is 0.400. The summed E-state index contributed by atoms with van der Waals surface area (Å²) >= 11 is 0. The highest BCUT2D eigenvalue weighted by molar-refractivity contribution is 5.65. The van der Waals surface area contributed by atoms with Crippen LogP contribution >= 0.6 is 0 Å². The van der Waals surface area contributed by atoms with Crippen LogP contribution in [-0.4, -0.2) is 45.5 Å². The van der Waals surface area contributed by atoms with Crippen molar-refractivity contribution in [2.45, 2.75) is 25.1 Å². The van der Waals surface area contributed by atoms with Crippen molar-refractivity contribution in [3.05, 3.63) is 30.2 Å². The topological polar surface area (TPSA) is 88.7 Å². The van der Waals surface area contributed by atoms with E-state index >= 15 is 0 Å². The third-order valence-electron chi connectivity index (χ3n) is 3.90. The van der Waals surface area contributed by atoms with Gasteiger partial charge in [-0.1, -0.05) is 0 Å². The van der Waals surface area contributed by atoms with E-state index in [2.05, 4.69) is 10.2 Å². The van der Waals surface area contributed by atoms with Crippen LogP contribution in [0.4, 0.5) is 18.0 Å². The lowest BCUT2D eigenvalue weighted by Gasteiger charge is -2.30. The Balaban J connectivity index is 1.79. The van der Waals surface area contributed by atoms with Crippen LogP contribution in [0.3, 0.4) is 0 Å². The second-order valence-corrected chi connectivity index (χ2v) is 5.54. The van der Waals surface area contributed by atoms with Gasteiger partial charge in [-0.2, -0.15) is 13.2 Å². The van der Waals surface area contributed by atoms with Gasteiger partial charge in [-0.05, 0) is 18.2 Å². The number of amides is 1. The van der Waals surface area contributed by atoms with Gasteiger partial charge < -0.3 is 19.2 Å². The molecule has 1 saturated heterocycles. The Bertz CT molecular complexity index is 741. The van der Waals surface area contributed by atoms with Gasteiger partial charge in [0.05, 0.1) is 11.1 Å². The molecule has 0 spiro atoms. The Hall–Kier alpha value is -2.78. The smallest absolute Gasteiger partial charge is 0.417 e. The normalized spacial score (nSPS) is 16.0. The average molecular weight is 357 g/mol. The summed E-state index contributed by atoms with van der Waals surface area (Å²) in [5.74, 6) is -0.0200. The highest BCUT2D eigenvalue weighted by Gasteiger charge is 2.35. The van der Waals surface area contributed by atoms with Crippen LogP contribution in [0.25, 0.3) is 11.5 Å². The van der Waals surface area contributed by atoms with Gasteiger partial charge in [-0.25, -0.2) is 4.79 Å². The van der Waals surface area contributed by atoms with E-state index in [1.54, 1.807) is 0 Å². The summed E-state index contributed by atoms with van der Waals surface area (Å²) < 4.78 is 50.1. The largest absolute Gasteiger partial charge is 0.490 e. The molecule has 2 heterocycles. The third-order valence-corrected chi connectivity index (χ3v) is 3.90. The molecule has 0 bridgehead atoms. The van der Waals surface area contributed by atoms with Crippen LogP contribution < -0.4 is 4.74 Å². The van der Waals surface area contributed by atoms with Crippen molar-refractivity contribution in [3.63, 3.8) is 0 Å². The maximum Gasteiger partial charge on any atom is 0.417 e. The predicted octanol–water partition coefficient (Wildman–Crippen LogP) is 3.28. The van der Waals surface area contributed by atoms with Gasteiger partial charge in [0.15, 0.2) is 0 Å². The average Bonchev–Trinajstić information content (AvgIpc) is 3.08. The summed E-state index contributed by atoms with van der Waals surface area (Å²) in [4.78, 5) is 12.2. The van der Waals surface area contributed by atoms with Gasteiger partial charge >= 0.3 is 12.3 Å². The molecular weight excluding hydrogens is 343 g/mol. The highest BCUT2D eigenvalue weighted by atomic mass is 19.4. The Morgan fingerprint density at radius 3 is 2.60 bits per heavy atom. The number of hydrogen-bond acceptors (Lipinski definition) is 5. The molecule has 134 valence electrons. The number of nitrogens with zero attached hydrogens (tertiary/aromatic N) is 3. The zero-order valence-corrected chi connectivity index (χ0v) is 12.9. The molecule has 1 aromatic carbocycles. The molecule has 0 saturated carbocycles. The van der Waals surface area contributed by atoms with Crippen molar-refractivity contribution in [2.75, 3.05) is 13.1 Å². The summed E-state index contributed by atoms with van der Waals surface area (Å²) in [6.45, 7) is 0.633. The first-order valence-electron chi connectivity index (χ1n) is 7.47. The number of benzene rings is 1. The van der Waals surface area contributed by atoms with E-state index in [1.165, 1.54) is 17.0 Å². The number of aromatic nitrogens is 2. The van der Waals surface area contributed by atoms with E-state index in [0.29, 0.717) is 25.9 Å². The lowest BCUT2D eigenvalue weighted by molar-refractivity contribution is -0.137. The van der Waals surface area contributed by atoms with Crippen molar-refractivity contribution < 1.29 is 32.2 Å². The Labute approximate surface area is 140 Å².